The molecule has 0 heterocycles. The van der Waals surface area contributed by atoms with E-state index in [0.29, 0.717) is 0 Å². The van der Waals surface area contributed by atoms with Gasteiger partial charge in [0.15, 0.2) is 0 Å². The molecule has 1 rings (SSSR count). The molecule has 0 atom stereocenters. The van der Waals surface area contributed by atoms with Gasteiger partial charge in [-0.1, -0.05) is 55.2 Å². The lowest BCUT2D eigenvalue weighted by Gasteiger charge is -2.18. The Kier molecular flexibility index (Phi) is 2.50. The summed E-state index contributed by atoms with van der Waals surface area (Å²) in [5.41, 5.74) is 0. The van der Waals surface area contributed by atoms with Crippen molar-refractivity contribution in [2.75, 3.05) is 0 Å². The predicted molar refractivity (Wildman–Crippen MR) is 54.3 cm³/mol. The normalized spacial score (nSPS) is 17.9. The summed E-state index contributed by atoms with van der Waals surface area (Å²) in [5.74, 6) is 0. The molecule has 0 bridgehead atoms. The van der Waals surface area contributed by atoms with Gasteiger partial charge in [0.05, 0.1) is 8.07 Å². The maximum atomic E-state index is 2.39. The highest BCUT2D eigenvalue weighted by atomic mass is 28.3. The van der Waals surface area contributed by atoms with Crippen LogP contribution in [0.25, 0.3) is 0 Å². The fraction of sp³-hybridized carbons (Fsp3) is 0.400. The monoisotopic (exact) mass is 164 g/mol. The second-order valence-electron chi connectivity index (χ2n) is 3.96. The van der Waals surface area contributed by atoms with Crippen molar-refractivity contribution < 1.29 is 0 Å². The minimum atomic E-state index is -1.03. The van der Waals surface area contributed by atoms with Crippen molar-refractivity contribution in [3.8, 4) is 0 Å². The second-order valence-corrected chi connectivity index (χ2v) is 9.10. The first-order chi connectivity index (χ1) is 5.11. The van der Waals surface area contributed by atoms with E-state index < -0.39 is 8.07 Å². The molecule has 0 aromatic heterocycles. The van der Waals surface area contributed by atoms with E-state index in [1.807, 2.05) is 0 Å². The van der Waals surface area contributed by atoms with Gasteiger partial charge < -0.3 is 0 Å². The van der Waals surface area contributed by atoms with Gasteiger partial charge in [0.1, 0.15) is 0 Å². The minimum absolute atomic E-state index is 1.03. The topological polar surface area (TPSA) is 0 Å². The van der Waals surface area contributed by atoms with Crippen LogP contribution in [0, 0.1) is 0 Å². The van der Waals surface area contributed by atoms with Gasteiger partial charge in [0, 0.05) is 0 Å². The Labute approximate surface area is 70.3 Å². The van der Waals surface area contributed by atoms with Crippen LogP contribution < -0.4 is 0 Å². The highest BCUT2D eigenvalue weighted by molar-refractivity contribution is 6.83. The number of hydrogen-bond acceptors (Lipinski definition) is 0. The highest BCUT2D eigenvalue weighted by Gasteiger charge is 2.17. The first kappa shape index (κ1) is 8.53. The summed E-state index contributed by atoms with van der Waals surface area (Å²) in [6, 6.07) is 0. The average molecular weight is 164 g/mol. The van der Waals surface area contributed by atoms with Gasteiger partial charge in [-0.2, -0.15) is 0 Å². The van der Waals surface area contributed by atoms with Crippen LogP contribution >= 0.6 is 0 Å². The Hall–Kier alpha value is -0.563. The van der Waals surface area contributed by atoms with Gasteiger partial charge in [-0.05, 0) is 6.42 Å². The molecule has 60 valence electrons. The van der Waals surface area contributed by atoms with Crippen molar-refractivity contribution >= 4 is 8.07 Å². The largest absolute Gasteiger partial charge is 0.0808 e. The Morgan fingerprint density at radius 3 is 2.45 bits per heavy atom. The molecule has 0 radical (unpaired) electrons. The molecule has 0 nitrogen and oxygen atoms in total. The summed E-state index contributed by atoms with van der Waals surface area (Å²) in [5, 5.41) is 1.64. The molecule has 0 unspecified atom stereocenters. The zero-order valence-electron chi connectivity index (χ0n) is 7.59. The van der Waals surface area contributed by atoms with Gasteiger partial charge in [-0.15, -0.1) is 0 Å². The summed E-state index contributed by atoms with van der Waals surface area (Å²) in [6.45, 7) is 7.18. The third kappa shape index (κ3) is 2.50. The van der Waals surface area contributed by atoms with E-state index in [1.54, 1.807) is 5.20 Å². The SMILES string of the molecule is C[Si](C)(C)C1=CC=CC=CC1. The molecule has 0 N–H and O–H groups in total. The van der Waals surface area contributed by atoms with Gasteiger partial charge in [0.2, 0.25) is 0 Å². The van der Waals surface area contributed by atoms with Crippen LogP contribution in [0.15, 0.2) is 35.6 Å². The van der Waals surface area contributed by atoms with Crippen LogP contribution in [-0.2, 0) is 0 Å². The second kappa shape index (κ2) is 3.22. The molecule has 1 aliphatic carbocycles. The first-order valence-electron chi connectivity index (χ1n) is 4.13. The molecule has 0 amide bonds. The molecule has 0 aromatic rings. The summed E-state index contributed by atoms with van der Waals surface area (Å²) in [7, 11) is -1.03. The van der Waals surface area contributed by atoms with Crippen LogP contribution in [0.1, 0.15) is 6.42 Å². The van der Waals surface area contributed by atoms with Gasteiger partial charge in [0.25, 0.3) is 0 Å². The molecule has 0 saturated heterocycles. The van der Waals surface area contributed by atoms with Crippen LogP contribution in [0.2, 0.25) is 19.6 Å². The number of allylic oxidation sites excluding steroid dienone is 6. The van der Waals surface area contributed by atoms with Crippen molar-refractivity contribution in [2.24, 2.45) is 0 Å². The molecule has 0 fully saturated rings. The van der Waals surface area contributed by atoms with Crippen LogP contribution in [-0.4, -0.2) is 8.07 Å². The maximum Gasteiger partial charge on any atom is 0.0728 e. The first-order valence-corrected chi connectivity index (χ1v) is 7.63. The van der Waals surface area contributed by atoms with E-state index in [-0.39, 0.29) is 0 Å². The molecule has 1 aliphatic rings. The van der Waals surface area contributed by atoms with Crippen LogP contribution in [0.4, 0.5) is 0 Å². The Balaban J connectivity index is 2.81. The van der Waals surface area contributed by atoms with E-state index in [1.165, 1.54) is 0 Å². The highest BCUT2D eigenvalue weighted by Crippen LogP contribution is 2.19. The lowest BCUT2D eigenvalue weighted by atomic mass is 10.4. The molecule has 0 aromatic carbocycles. The van der Waals surface area contributed by atoms with Crippen LogP contribution in [0.3, 0.4) is 0 Å². The molecular weight excluding hydrogens is 148 g/mol. The fourth-order valence-electron chi connectivity index (χ4n) is 1.13. The smallest absolute Gasteiger partial charge is 0.0728 e. The number of hydrogen-bond donors (Lipinski definition) is 0. The van der Waals surface area contributed by atoms with Gasteiger partial charge in [-0.3, -0.25) is 0 Å². The standard InChI is InChI=1S/C10H16Si/c1-11(2,3)10-8-6-4-5-7-9-10/h4-8H,9H2,1-3H3. The Morgan fingerprint density at radius 1 is 1.09 bits per heavy atom. The Bertz CT molecular complexity index is 214. The predicted octanol–water partition coefficient (Wildman–Crippen LogP) is 3.31. The zero-order chi connectivity index (χ0) is 8.32. The molecule has 0 saturated carbocycles. The molecule has 0 spiro atoms. The average Bonchev–Trinajstić information content (AvgIpc) is 2.10. The van der Waals surface area contributed by atoms with Crippen molar-refractivity contribution in [3.63, 3.8) is 0 Å². The van der Waals surface area contributed by atoms with Gasteiger partial charge in [-0.25, -0.2) is 0 Å². The molecule has 1 heteroatoms. The van der Waals surface area contributed by atoms with Crippen molar-refractivity contribution in [1.29, 1.82) is 0 Å². The van der Waals surface area contributed by atoms with E-state index in [9.17, 15) is 0 Å². The molecule has 11 heavy (non-hydrogen) atoms. The number of rotatable bonds is 1. The summed E-state index contributed by atoms with van der Waals surface area (Å²) < 4.78 is 0. The van der Waals surface area contributed by atoms with Crippen molar-refractivity contribution in [3.05, 3.63) is 35.6 Å². The summed E-state index contributed by atoms with van der Waals surface area (Å²) in [4.78, 5) is 0. The van der Waals surface area contributed by atoms with Gasteiger partial charge >= 0.3 is 0 Å². The third-order valence-electron chi connectivity index (χ3n) is 1.96. The van der Waals surface area contributed by atoms with E-state index >= 15 is 0 Å². The summed E-state index contributed by atoms with van der Waals surface area (Å²) in [6.07, 6.45) is 12.1. The maximum absolute atomic E-state index is 2.39. The lowest BCUT2D eigenvalue weighted by Crippen LogP contribution is -2.23. The van der Waals surface area contributed by atoms with Crippen molar-refractivity contribution in [2.45, 2.75) is 26.1 Å². The van der Waals surface area contributed by atoms with E-state index in [2.05, 4.69) is 50.0 Å². The zero-order valence-corrected chi connectivity index (χ0v) is 8.59. The molecule has 0 aliphatic heterocycles. The van der Waals surface area contributed by atoms with E-state index in [4.69, 9.17) is 0 Å². The minimum Gasteiger partial charge on any atom is -0.0808 e. The third-order valence-corrected chi connectivity index (χ3v) is 4.25. The Morgan fingerprint density at radius 2 is 1.82 bits per heavy atom. The molecular formula is C10H16Si. The van der Waals surface area contributed by atoms with Crippen molar-refractivity contribution in [1.82, 2.24) is 0 Å². The fourth-order valence-corrected chi connectivity index (χ4v) is 2.46. The quantitative estimate of drug-likeness (QED) is 0.522. The van der Waals surface area contributed by atoms with Crippen LogP contribution in [0.5, 0.6) is 0 Å². The van der Waals surface area contributed by atoms with E-state index in [0.717, 1.165) is 6.42 Å². The summed E-state index contributed by atoms with van der Waals surface area (Å²) >= 11 is 0. The lowest BCUT2D eigenvalue weighted by molar-refractivity contribution is 1.31.